The topological polar surface area (TPSA) is 88.3 Å². The second kappa shape index (κ2) is 6.38. The molecular weight excluding hydrogens is 288 g/mol. The second-order valence-corrected chi connectivity index (χ2v) is 6.65. The van der Waals surface area contributed by atoms with Crippen molar-refractivity contribution in [2.75, 3.05) is 32.4 Å². The van der Waals surface area contributed by atoms with Crippen LogP contribution in [0.4, 0.5) is 5.82 Å². The van der Waals surface area contributed by atoms with Gasteiger partial charge in [0.1, 0.15) is 5.82 Å². The zero-order chi connectivity index (χ0) is 15.5. The lowest BCUT2D eigenvalue weighted by atomic mass is 10.2. The van der Waals surface area contributed by atoms with Gasteiger partial charge in [0, 0.05) is 18.5 Å². The molecule has 0 saturated carbocycles. The maximum atomic E-state index is 12.2. The fourth-order valence-electron chi connectivity index (χ4n) is 1.90. The normalized spacial score (nSPS) is 12.1. The van der Waals surface area contributed by atoms with E-state index in [4.69, 9.17) is 5.73 Å². The Morgan fingerprint density at radius 1 is 1.29 bits per heavy atom. The number of nitrogens with zero attached hydrogens (tertiary/aromatic N) is 2. The number of rotatable bonds is 6. The van der Waals surface area contributed by atoms with Crippen LogP contribution >= 0.6 is 0 Å². The van der Waals surface area contributed by atoms with Gasteiger partial charge in [0.15, 0.2) is 0 Å². The molecule has 7 heteroatoms. The monoisotopic (exact) mass is 308 g/mol. The van der Waals surface area contributed by atoms with Gasteiger partial charge in [-0.1, -0.05) is 6.92 Å². The molecule has 6 nitrogen and oxygen atoms in total. The van der Waals surface area contributed by atoms with Gasteiger partial charge < -0.3 is 10.6 Å². The van der Waals surface area contributed by atoms with Crippen molar-refractivity contribution in [3.63, 3.8) is 0 Å². The van der Waals surface area contributed by atoms with Crippen molar-refractivity contribution in [1.82, 2.24) is 14.6 Å². The first-order chi connectivity index (χ1) is 9.92. The maximum absolute atomic E-state index is 12.2. The lowest BCUT2D eigenvalue weighted by Crippen LogP contribution is -2.32. The molecule has 0 fully saturated rings. The zero-order valence-electron chi connectivity index (χ0n) is 12.2. The summed E-state index contributed by atoms with van der Waals surface area (Å²) in [5.74, 6) is 0.416. The molecule has 0 bridgehead atoms. The molecule has 0 atom stereocenters. The van der Waals surface area contributed by atoms with E-state index in [1.807, 2.05) is 18.9 Å². The predicted molar refractivity (Wildman–Crippen MR) is 84.5 cm³/mol. The quantitative estimate of drug-likeness (QED) is 0.832. The Hall–Kier alpha value is -1.70. The van der Waals surface area contributed by atoms with Gasteiger partial charge in [-0.25, -0.2) is 18.1 Å². The number of aromatic nitrogens is 1. The molecule has 2 aromatic rings. The molecule has 1 heterocycles. The van der Waals surface area contributed by atoms with Crippen LogP contribution in [0.3, 0.4) is 0 Å². The minimum atomic E-state index is -3.50. The number of nitrogens with one attached hydrogen (secondary N) is 1. The van der Waals surface area contributed by atoms with E-state index in [0.717, 1.165) is 11.9 Å². The van der Waals surface area contributed by atoms with E-state index < -0.39 is 10.0 Å². The van der Waals surface area contributed by atoms with E-state index in [0.29, 0.717) is 24.4 Å². The highest BCUT2D eigenvalue weighted by molar-refractivity contribution is 7.89. The Balaban J connectivity index is 2.18. The van der Waals surface area contributed by atoms with E-state index >= 15 is 0 Å². The Kier molecular flexibility index (Phi) is 4.76. The molecule has 1 aromatic carbocycles. The van der Waals surface area contributed by atoms with Crippen LogP contribution in [-0.2, 0) is 10.0 Å². The number of anilines is 1. The van der Waals surface area contributed by atoms with Crippen molar-refractivity contribution in [3.05, 3.63) is 30.3 Å². The number of nitrogens with two attached hydrogens (primary N) is 1. The number of likely N-dealkylation sites (N-methyl/N-ethyl adjacent to an activating group) is 1. The Morgan fingerprint density at radius 3 is 2.76 bits per heavy atom. The molecule has 0 spiro atoms. The summed E-state index contributed by atoms with van der Waals surface area (Å²) < 4.78 is 27.1. The number of hydrogen-bond acceptors (Lipinski definition) is 5. The van der Waals surface area contributed by atoms with Crippen LogP contribution in [0.25, 0.3) is 10.9 Å². The van der Waals surface area contributed by atoms with Gasteiger partial charge in [-0.15, -0.1) is 0 Å². The molecule has 21 heavy (non-hydrogen) atoms. The summed E-state index contributed by atoms with van der Waals surface area (Å²) in [5.41, 5.74) is 6.29. The summed E-state index contributed by atoms with van der Waals surface area (Å²) >= 11 is 0. The van der Waals surface area contributed by atoms with Crippen LogP contribution in [0.1, 0.15) is 6.92 Å². The van der Waals surface area contributed by atoms with Crippen molar-refractivity contribution in [1.29, 1.82) is 0 Å². The maximum Gasteiger partial charge on any atom is 0.240 e. The third-order valence-electron chi connectivity index (χ3n) is 3.32. The molecule has 0 aliphatic carbocycles. The molecule has 114 valence electrons. The molecule has 0 saturated heterocycles. The molecule has 0 aliphatic heterocycles. The first-order valence-corrected chi connectivity index (χ1v) is 8.25. The fraction of sp³-hybridized carbons (Fsp3) is 0.357. The van der Waals surface area contributed by atoms with Gasteiger partial charge in [0.2, 0.25) is 10.0 Å². The van der Waals surface area contributed by atoms with Crippen LogP contribution in [-0.4, -0.2) is 45.0 Å². The van der Waals surface area contributed by atoms with Gasteiger partial charge >= 0.3 is 0 Å². The second-order valence-electron chi connectivity index (χ2n) is 4.88. The first kappa shape index (κ1) is 15.7. The van der Waals surface area contributed by atoms with Gasteiger partial charge in [-0.3, -0.25) is 0 Å². The third-order valence-corrected chi connectivity index (χ3v) is 4.78. The molecule has 0 aliphatic rings. The van der Waals surface area contributed by atoms with Crippen LogP contribution < -0.4 is 10.5 Å². The van der Waals surface area contributed by atoms with Crippen molar-refractivity contribution in [2.45, 2.75) is 11.8 Å². The Morgan fingerprint density at radius 2 is 2.05 bits per heavy atom. The van der Waals surface area contributed by atoms with Crippen LogP contribution in [0, 0.1) is 0 Å². The molecule has 3 N–H and O–H groups in total. The minimum absolute atomic E-state index is 0.237. The molecule has 0 amide bonds. The summed E-state index contributed by atoms with van der Waals surface area (Å²) in [6.07, 6.45) is 0. The Bertz CT molecular complexity index is 731. The smallest absolute Gasteiger partial charge is 0.240 e. The number of nitrogen functional groups attached to an aromatic ring is 1. The SMILES string of the molecule is CCN(C)CCNS(=O)(=O)c1ccc2nc(N)ccc2c1. The number of pyridine rings is 1. The molecule has 0 radical (unpaired) electrons. The molecule has 1 aromatic heterocycles. The predicted octanol–water partition coefficient (Wildman–Crippen LogP) is 1.05. The lowest BCUT2D eigenvalue weighted by molar-refractivity contribution is 0.358. The zero-order valence-corrected chi connectivity index (χ0v) is 13.0. The molecule has 0 unspecified atom stereocenters. The van der Waals surface area contributed by atoms with Crippen LogP contribution in [0.5, 0.6) is 0 Å². The molecule has 2 rings (SSSR count). The van der Waals surface area contributed by atoms with Gasteiger partial charge in [-0.05, 0) is 43.9 Å². The van der Waals surface area contributed by atoms with E-state index in [1.54, 1.807) is 30.3 Å². The summed E-state index contributed by atoms with van der Waals surface area (Å²) in [5, 5.41) is 0.748. The van der Waals surface area contributed by atoms with Crippen molar-refractivity contribution < 1.29 is 8.42 Å². The van der Waals surface area contributed by atoms with Gasteiger partial charge in [0.25, 0.3) is 0 Å². The number of fused-ring (bicyclic) bond motifs is 1. The fourth-order valence-corrected chi connectivity index (χ4v) is 2.95. The van der Waals surface area contributed by atoms with Crippen LogP contribution in [0.15, 0.2) is 35.2 Å². The van der Waals surface area contributed by atoms with Crippen molar-refractivity contribution >= 4 is 26.7 Å². The summed E-state index contributed by atoms with van der Waals surface area (Å²) in [6, 6.07) is 8.23. The van der Waals surface area contributed by atoms with Crippen LogP contribution in [0.2, 0.25) is 0 Å². The van der Waals surface area contributed by atoms with Crippen molar-refractivity contribution in [2.24, 2.45) is 0 Å². The van der Waals surface area contributed by atoms with E-state index in [1.165, 1.54) is 0 Å². The summed E-state index contributed by atoms with van der Waals surface area (Å²) in [4.78, 5) is 6.43. The number of benzene rings is 1. The Labute approximate surface area is 125 Å². The molecular formula is C14H20N4O2S. The number of hydrogen-bond donors (Lipinski definition) is 2. The highest BCUT2D eigenvalue weighted by atomic mass is 32.2. The minimum Gasteiger partial charge on any atom is -0.384 e. The average molecular weight is 308 g/mol. The van der Waals surface area contributed by atoms with Gasteiger partial charge in [-0.2, -0.15) is 0 Å². The van der Waals surface area contributed by atoms with E-state index in [2.05, 4.69) is 9.71 Å². The summed E-state index contributed by atoms with van der Waals surface area (Å²) in [6.45, 7) is 3.95. The summed E-state index contributed by atoms with van der Waals surface area (Å²) in [7, 11) is -1.56. The highest BCUT2D eigenvalue weighted by Crippen LogP contribution is 2.18. The van der Waals surface area contributed by atoms with E-state index in [-0.39, 0.29) is 4.90 Å². The first-order valence-electron chi connectivity index (χ1n) is 6.77. The third kappa shape index (κ3) is 3.90. The lowest BCUT2D eigenvalue weighted by Gasteiger charge is -2.14. The van der Waals surface area contributed by atoms with E-state index in [9.17, 15) is 8.42 Å². The average Bonchev–Trinajstić information content (AvgIpc) is 2.46. The standard InChI is InChI=1S/C14H20N4O2S/c1-3-18(2)9-8-16-21(19,20)12-5-6-13-11(10-12)4-7-14(15)17-13/h4-7,10,16H,3,8-9H2,1-2H3,(H2,15,17). The highest BCUT2D eigenvalue weighted by Gasteiger charge is 2.14. The van der Waals surface area contributed by atoms with Crippen molar-refractivity contribution in [3.8, 4) is 0 Å². The van der Waals surface area contributed by atoms with Gasteiger partial charge in [0.05, 0.1) is 10.4 Å². The number of sulfonamides is 1. The largest absolute Gasteiger partial charge is 0.384 e.